The zero-order valence-corrected chi connectivity index (χ0v) is 13.3. The van der Waals surface area contributed by atoms with Gasteiger partial charge in [-0.05, 0) is 31.4 Å². The van der Waals surface area contributed by atoms with Crippen LogP contribution in [0.5, 0.6) is 5.75 Å². The third kappa shape index (κ3) is 3.91. The summed E-state index contributed by atoms with van der Waals surface area (Å²) >= 11 is 6.05. The summed E-state index contributed by atoms with van der Waals surface area (Å²) in [4.78, 5) is 25.3. The summed E-state index contributed by atoms with van der Waals surface area (Å²) in [6, 6.07) is 7.00. The van der Waals surface area contributed by atoms with Crippen LogP contribution in [-0.4, -0.2) is 41.1 Å². The number of hydrogen-bond donors (Lipinski definition) is 1. The highest BCUT2D eigenvalue weighted by Crippen LogP contribution is 2.26. The van der Waals surface area contributed by atoms with Gasteiger partial charge in [-0.15, -0.1) is 0 Å². The predicted octanol–water partition coefficient (Wildman–Crippen LogP) is 2.82. The molecular formula is C16H20ClNO4. The zero-order chi connectivity index (χ0) is 16.1. The van der Waals surface area contributed by atoms with Crippen molar-refractivity contribution in [2.24, 2.45) is 5.92 Å². The number of piperidine rings is 1. The molecule has 1 amide bonds. The smallest absolute Gasteiger partial charge is 0.308 e. The summed E-state index contributed by atoms with van der Waals surface area (Å²) < 4.78 is 5.73. The minimum absolute atomic E-state index is 0.173. The van der Waals surface area contributed by atoms with Crippen LogP contribution >= 0.6 is 11.6 Å². The number of likely N-dealkylation sites (tertiary alicyclic amines) is 1. The Morgan fingerprint density at radius 1 is 1.45 bits per heavy atom. The molecule has 0 bridgehead atoms. The highest BCUT2D eigenvalue weighted by molar-refractivity contribution is 6.32. The number of rotatable bonds is 5. The molecule has 2 unspecified atom stereocenters. The molecule has 5 nitrogen and oxygen atoms in total. The standard InChI is InChI=1S/C16H20ClNO4/c1-2-13(22-14-8-4-3-7-12(14)17)15(19)18-9-5-6-11(10-18)16(20)21/h3-4,7-8,11,13H,2,5-6,9-10H2,1H3,(H,20,21). The molecule has 120 valence electrons. The van der Waals surface area contributed by atoms with E-state index in [1.54, 1.807) is 29.2 Å². The molecule has 2 atom stereocenters. The number of aliphatic carboxylic acids is 1. The molecule has 1 fully saturated rings. The van der Waals surface area contributed by atoms with E-state index in [-0.39, 0.29) is 12.5 Å². The van der Waals surface area contributed by atoms with E-state index in [1.807, 2.05) is 6.92 Å². The van der Waals surface area contributed by atoms with Crippen molar-refractivity contribution in [1.29, 1.82) is 0 Å². The fourth-order valence-electron chi connectivity index (χ4n) is 2.58. The van der Waals surface area contributed by atoms with E-state index in [1.165, 1.54) is 0 Å². The van der Waals surface area contributed by atoms with E-state index in [2.05, 4.69) is 0 Å². The number of para-hydroxylation sites is 1. The Morgan fingerprint density at radius 3 is 2.82 bits per heavy atom. The number of carboxylic acid groups (broad SMARTS) is 1. The summed E-state index contributed by atoms with van der Waals surface area (Å²) in [5.74, 6) is -1.04. The number of amides is 1. The van der Waals surface area contributed by atoms with Gasteiger partial charge in [0.25, 0.3) is 5.91 Å². The zero-order valence-electron chi connectivity index (χ0n) is 12.5. The Kier molecular flexibility index (Phi) is 5.66. The topological polar surface area (TPSA) is 66.8 Å². The van der Waals surface area contributed by atoms with Crippen LogP contribution < -0.4 is 4.74 Å². The second-order valence-electron chi connectivity index (χ2n) is 5.41. The van der Waals surface area contributed by atoms with Crippen molar-refractivity contribution in [3.8, 4) is 5.75 Å². The van der Waals surface area contributed by atoms with Crippen LogP contribution in [-0.2, 0) is 9.59 Å². The van der Waals surface area contributed by atoms with E-state index in [0.717, 1.165) is 0 Å². The molecule has 1 aliphatic rings. The Balaban J connectivity index is 2.05. The molecule has 0 aromatic heterocycles. The average Bonchev–Trinajstić information content (AvgIpc) is 2.53. The monoisotopic (exact) mass is 325 g/mol. The molecular weight excluding hydrogens is 306 g/mol. The lowest BCUT2D eigenvalue weighted by Gasteiger charge is -2.33. The molecule has 22 heavy (non-hydrogen) atoms. The number of nitrogens with zero attached hydrogens (tertiary/aromatic N) is 1. The third-order valence-corrected chi connectivity index (χ3v) is 4.15. The fourth-order valence-corrected chi connectivity index (χ4v) is 2.76. The van der Waals surface area contributed by atoms with E-state index < -0.39 is 18.0 Å². The maximum Gasteiger partial charge on any atom is 0.308 e. The number of carboxylic acids is 1. The number of hydrogen-bond acceptors (Lipinski definition) is 3. The average molecular weight is 326 g/mol. The van der Waals surface area contributed by atoms with Gasteiger partial charge in [-0.1, -0.05) is 30.7 Å². The van der Waals surface area contributed by atoms with Crippen molar-refractivity contribution in [2.75, 3.05) is 13.1 Å². The van der Waals surface area contributed by atoms with Gasteiger partial charge in [0, 0.05) is 13.1 Å². The quantitative estimate of drug-likeness (QED) is 0.904. The van der Waals surface area contributed by atoms with E-state index in [4.69, 9.17) is 21.4 Å². The second kappa shape index (κ2) is 7.49. The van der Waals surface area contributed by atoms with Gasteiger partial charge in [0.1, 0.15) is 5.75 Å². The molecule has 1 aromatic rings. The summed E-state index contributed by atoms with van der Waals surface area (Å²) in [5, 5.41) is 9.57. The lowest BCUT2D eigenvalue weighted by atomic mass is 9.97. The van der Waals surface area contributed by atoms with E-state index in [9.17, 15) is 9.59 Å². The van der Waals surface area contributed by atoms with Crippen molar-refractivity contribution < 1.29 is 19.4 Å². The van der Waals surface area contributed by atoms with Gasteiger partial charge in [0.15, 0.2) is 6.10 Å². The highest BCUT2D eigenvalue weighted by Gasteiger charge is 2.32. The molecule has 0 saturated carbocycles. The lowest BCUT2D eigenvalue weighted by Crippen LogP contribution is -2.48. The van der Waals surface area contributed by atoms with Crippen LogP contribution in [0.15, 0.2) is 24.3 Å². The Bertz CT molecular complexity index is 549. The van der Waals surface area contributed by atoms with Gasteiger partial charge in [-0.3, -0.25) is 9.59 Å². The summed E-state index contributed by atoms with van der Waals surface area (Å²) in [5.41, 5.74) is 0. The van der Waals surface area contributed by atoms with Crippen LogP contribution in [0.1, 0.15) is 26.2 Å². The lowest BCUT2D eigenvalue weighted by molar-refractivity contribution is -0.148. The number of carbonyl (C=O) groups excluding carboxylic acids is 1. The Labute approximate surface area is 134 Å². The van der Waals surface area contributed by atoms with Gasteiger partial charge in [0.05, 0.1) is 10.9 Å². The minimum Gasteiger partial charge on any atom is -0.481 e. The first-order chi connectivity index (χ1) is 10.5. The molecule has 2 rings (SSSR count). The molecule has 0 radical (unpaired) electrons. The minimum atomic E-state index is -0.849. The van der Waals surface area contributed by atoms with Gasteiger partial charge in [-0.25, -0.2) is 0 Å². The van der Waals surface area contributed by atoms with Gasteiger partial charge in [-0.2, -0.15) is 0 Å². The molecule has 1 heterocycles. The van der Waals surface area contributed by atoms with Crippen molar-refractivity contribution >= 4 is 23.5 Å². The summed E-state index contributed by atoms with van der Waals surface area (Å²) in [6.45, 7) is 2.68. The summed E-state index contributed by atoms with van der Waals surface area (Å²) in [6.07, 6.45) is 1.16. The Morgan fingerprint density at radius 2 is 2.18 bits per heavy atom. The molecule has 6 heteroatoms. The van der Waals surface area contributed by atoms with Crippen LogP contribution in [0.25, 0.3) is 0 Å². The van der Waals surface area contributed by atoms with Gasteiger partial charge in [0.2, 0.25) is 0 Å². The molecule has 1 aromatic carbocycles. The molecule has 1 saturated heterocycles. The number of ether oxygens (including phenoxy) is 1. The highest BCUT2D eigenvalue weighted by atomic mass is 35.5. The van der Waals surface area contributed by atoms with Crippen molar-refractivity contribution in [1.82, 2.24) is 4.90 Å². The number of benzene rings is 1. The van der Waals surface area contributed by atoms with Crippen molar-refractivity contribution in [2.45, 2.75) is 32.3 Å². The third-order valence-electron chi connectivity index (χ3n) is 3.83. The number of halogens is 1. The molecule has 0 spiro atoms. The maximum atomic E-state index is 12.6. The molecule has 0 aliphatic carbocycles. The number of carbonyl (C=O) groups is 2. The van der Waals surface area contributed by atoms with Crippen LogP contribution in [0.4, 0.5) is 0 Å². The van der Waals surface area contributed by atoms with Crippen LogP contribution in [0.2, 0.25) is 5.02 Å². The van der Waals surface area contributed by atoms with Crippen LogP contribution in [0.3, 0.4) is 0 Å². The summed E-state index contributed by atoms with van der Waals surface area (Å²) in [7, 11) is 0. The molecule has 1 N–H and O–H groups in total. The first-order valence-corrected chi connectivity index (χ1v) is 7.83. The van der Waals surface area contributed by atoms with Crippen molar-refractivity contribution in [3.63, 3.8) is 0 Å². The second-order valence-corrected chi connectivity index (χ2v) is 5.81. The first-order valence-electron chi connectivity index (χ1n) is 7.45. The van der Waals surface area contributed by atoms with Crippen LogP contribution in [0, 0.1) is 5.92 Å². The maximum absolute atomic E-state index is 12.6. The van der Waals surface area contributed by atoms with Gasteiger partial charge >= 0.3 is 5.97 Å². The van der Waals surface area contributed by atoms with Crippen molar-refractivity contribution in [3.05, 3.63) is 29.3 Å². The SMILES string of the molecule is CCC(Oc1ccccc1Cl)C(=O)N1CCCC(C(=O)O)C1. The van der Waals surface area contributed by atoms with Gasteiger partial charge < -0.3 is 14.7 Å². The fraction of sp³-hybridized carbons (Fsp3) is 0.500. The largest absolute Gasteiger partial charge is 0.481 e. The Hall–Kier alpha value is -1.75. The van der Waals surface area contributed by atoms with E-state index >= 15 is 0 Å². The first kappa shape index (κ1) is 16.6. The predicted molar refractivity (Wildman–Crippen MR) is 83.1 cm³/mol. The normalized spacial score (nSPS) is 19.5. The van der Waals surface area contributed by atoms with E-state index in [0.29, 0.717) is 36.6 Å². The molecule has 1 aliphatic heterocycles.